The van der Waals surface area contributed by atoms with Gasteiger partial charge in [-0.05, 0) is 59.4 Å². The third-order valence-corrected chi connectivity index (χ3v) is 8.07. The van der Waals surface area contributed by atoms with Crippen LogP contribution in [0, 0.1) is 16.2 Å². The monoisotopic (exact) mass is 563 g/mol. The zero-order chi connectivity index (χ0) is 28.5. The van der Waals surface area contributed by atoms with Gasteiger partial charge in [0.15, 0.2) is 5.96 Å². The van der Waals surface area contributed by atoms with Crippen LogP contribution in [-0.4, -0.2) is 61.0 Å². The van der Waals surface area contributed by atoms with Gasteiger partial charge in [-0.25, -0.2) is 0 Å². The van der Waals surface area contributed by atoms with Gasteiger partial charge in [-0.3, -0.25) is 10.2 Å². The molecule has 212 valence electrons. The lowest BCUT2D eigenvalue weighted by Gasteiger charge is -2.22. The second kappa shape index (κ2) is 14.1. The Morgan fingerprint density at radius 1 is 1.10 bits per heavy atom. The van der Waals surface area contributed by atoms with E-state index in [1.807, 2.05) is 59.6 Å². The van der Waals surface area contributed by atoms with Crippen LogP contribution in [0.3, 0.4) is 0 Å². The van der Waals surface area contributed by atoms with Crippen molar-refractivity contribution in [3.8, 4) is 0 Å². The van der Waals surface area contributed by atoms with Crippen molar-refractivity contribution < 1.29 is 9.66 Å². The highest BCUT2D eigenvalue weighted by Crippen LogP contribution is 2.26. The number of carbonyl (C=O) groups excluding carboxylic acids is 1. The van der Waals surface area contributed by atoms with Crippen molar-refractivity contribution in [1.29, 1.82) is 5.41 Å². The van der Waals surface area contributed by atoms with E-state index in [4.69, 9.17) is 17.0 Å². The average molecular weight is 564 g/mol. The molecule has 4 rings (SSSR count). The van der Waals surface area contributed by atoms with Crippen molar-refractivity contribution in [2.75, 3.05) is 33.2 Å². The molecule has 9 heteroatoms. The number of amides is 1. The number of guanidine groups is 1. The van der Waals surface area contributed by atoms with E-state index in [0.717, 1.165) is 23.6 Å². The van der Waals surface area contributed by atoms with Crippen LogP contribution in [0.2, 0.25) is 5.02 Å². The van der Waals surface area contributed by atoms with Crippen LogP contribution in [0.1, 0.15) is 54.4 Å². The highest BCUT2D eigenvalue weighted by Gasteiger charge is 2.38. The van der Waals surface area contributed by atoms with Crippen molar-refractivity contribution >= 4 is 34.2 Å². The number of nitrogens with zero attached hydrogens (tertiary/aromatic N) is 2. The average Bonchev–Trinajstić information content (AvgIpc) is 3.12. The summed E-state index contributed by atoms with van der Waals surface area (Å²) in [5.74, 6) is 0.537. The van der Waals surface area contributed by atoms with Gasteiger partial charge in [-0.15, -0.1) is 5.01 Å². The molecule has 3 aromatic rings. The van der Waals surface area contributed by atoms with Crippen molar-refractivity contribution in [2.24, 2.45) is 5.92 Å². The second-order valence-electron chi connectivity index (χ2n) is 10.5. The molecule has 1 amide bonds. The fraction of sp³-hybridized carbons (Fsp3) is 0.419. The Kier molecular flexibility index (Phi) is 10.4. The van der Waals surface area contributed by atoms with Crippen molar-refractivity contribution in [3.05, 3.63) is 87.8 Å². The standard InChI is InChI=1S/C31H39ClN6O2/c1-3-23(24-7-5-4-6-8-24)21-37-16-14-22(17-29(38(37)40)13-15-35-31(33)34-2)20-36-30(39)27-10-9-26-19-28(32)12-11-25(26)18-27/h4-12,18-19,22-23,29H,3,13-17,20-21H2,1-2H3,(H3-,33,34,35,36,39)/p+1/t22-,23+,29+/m0/s1. The van der Waals surface area contributed by atoms with Gasteiger partial charge >= 0.3 is 0 Å². The molecular formula is C31H40ClN6O2+. The third-order valence-electron chi connectivity index (χ3n) is 7.83. The first-order chi connectivity index (χ1) is 19.4. The van der Waals surface area contributed by atoms with Gasteiger partial charge in [-0.2, -0.15) is 0 Å². The number of rotatable bonds is 10. The molecule has 1 saturated heterocycles. The first-order valence-electron chi connectivity index (χ1n) is 14.1. The van der Waals surface area contributed by atoms with Crippen LogP contribution in [0.5, 0.6) is 0 Å². The Morgan fingerprint density at radius 2 is 1.85 bits per heavy atom. The number of hydrazine groups is 1. The number of carbonyl (C=O) groups is 1. The predicted molar refractivity (Wildman–Crippen MR) is 162 cm³/mol. The van der Waals surface area contributed by atoms with Gasteiger partial charge < -0.3 is 16.0 Å². The van der Waals surface area contributed by atoms with Gasteiger partial charge in [0.2, 0.25) is 6.04 Å². The lowest BCUT2D eigenvalue weighted by molar-refractivity contribution is -0.734. The van der Waals surface area contributed by atoms with Crippen molar-refractivity contribution in [2.45, 2.75) is 44.6 Å². The fourth-order valence-corrected chi connectivity index (χ4v) is 5.62. The summed E-state index contributed by atoms with van der Waals surface area (Å²) in [6.07, 6.45) is 3.03. The number of halogens is 1. The molecule has 1 aliphatic heterocycles. The molecule has 3 aromatic carbocycles. The predicted octanol–water partition coefficient (Wildman–Crippen LogP) is 5.33. The minimum absolute atomic E-state index is 0.118. The van der Waals surface area contributed by atoms with E-state index < -0.39 is 0 Å². The highest BCUT2D eigenvalue weighted by molar-refractivity contribution is 6.31. The zero-order valence-corrected chi connectivity index (χ0v) is 24.1. The molecule has 1 fully saturated rings. The van der Waals surface area contributed by atoms with Gasteiger partial charge in [0.1, 0.15) is 4.87 Å². The largest absolute Gasteiger partial charge is 0.360 e. The highest BCUT2D eigenvalue weighted by atomic mass is 35.5. The van der Waals surface area contributed by atoms with Gasteiger partial charge in [-0.1, -0.05) is 61.0 Å². The van der Waals surface area contributed by atoms with Crippen molar-refractivity contribution in [1.82, 2.24) is 21.0 Å². The summed E-state index contributed by atoms with van der Waals surface area (Å²) >= 11 is 6.10. The quantitative estimate of drug-likeness (QED) is 0.152. The van der Waals surface area contributed by atoms with Gasteiger partial charge in [0.05, 0.1) is 18.0 Å². The summed E-state index contributed by atoms with van der Waals surface area (Å²) in [5, 5.41) is 21.3. The molecule has 0 unspecified atom stereocenters. The van der Waals surface area contributed by atoms with Crippen LogP contribution in [0.25, 0.3) is 10.8 Å². The van der Waals surface area contributed by atoms with Crippen LogP contribution in [0.15, 0.2) is 66.7 Å². The molecule has 40 heavy (non-hydrogen) atoms. The van der Waals surface area contributed by atoms with Crippen LogP contribution >= 0.6 is 11.6 Å². The maximum Gasteiger partial charge on any atom is 0.251 e. The molecule has 1 aliphatic rings. The molecule has 0 bridgehead atoms. The summed E-state index contributed by atoms with van der Waals surface area (Å²) in [4.78, 5) is 27.9. The summed E-state index contributed by atoms with van der Waals surface area (Å²) in [6.45, 7) is 4.48. The lowest BCUT2D eigenvalue weighted by Crippen LogP contribution is -2.43. The van der Waals surface area contributed by atoms with Crippen LogP contribution in [0.4, 0.5) is 0 Å². The van der Waals surface area contributed by atoms with Gasteiger partial charge in [0.25, 0.3) is 5.91 Å². The summed E-state index contributed by atoms with van der Waals surface area (Å²) < 4.78 is 0. The Hall–Kier alpha value is -3.65. The maximum absolute atomic E-state index is 13.7. The summed E-state index contributed by atoms with van der Waals surface area (Å²) in [6, 6.07) is 21.4. The van der Waals surface area contributed by atoms with E-state index in [-0.39, 0.29) is 29.7 Å². The third kappa shape index (κ3) is 7.72. The Balaban J connectivity index is 1.43. The number of nitrogens with one attached hydrogen (secondary N) is 4. The number of hydrogen-bond acceptors (Lipinski definition) is 3. The topological polar surface area (TPSA) is 100 Å². The SMILES string of the molecule is CC[C@H](CN1CC[C@H](CNC(=O)c2ccc3cc(Cl)ccc3c2)C[C@@H](CCNC(=N)NC)[N+]1=O)c1ccccc1. The molecule has 8 nitrogen and oxygen atoms in total. The van der Waals surface area contributed by atoms with Crippen LogP contribution < -0.4 is 16.0 Å². The second-order valence-corrected chi connectivity index (χ2v) is 11.0. The number of benzene rings is 3. The minimum atomic E-state index is -0.250. The van der Waals surface area contributed by atoms with E-state index in [1.165, 1.54) is 10.4 Å². The van der Waals surface area contributed by atoms with E-state index >= 15 is 0 Å². The van der Waals surface area contributed by atoms with E-state index in [0.29, 0.717) is 49.6 Å². The molecule has 4 N–H and O–H groups in total. The van der Waals surface area contributed by atoms with Gasteiger partial charge in [0, 0.05) is 49.5 Å². The van der Waals surface area contributed by atoms with Crippen LogP contribution in [-0.2, 0) is 0 Å². The lowest BCUT2D eigenvalue weighted by atomic mass is 9.95. The Labute approximate surface area is 241 Å². The van der Waals surface area contributed by atoms with E-state index in [2.05, 4.69) is 35.0 Å². The molecule has 0 aliphatic carbocycles. The first kappa shape index (κ1) is 29.3. The maximum atomic E-state index is 13.7. The molecule has 0 aromatic heterocycles. The molecule has 3 atom stereocenters. The normalized spacial score (nSPS) is 18.2. The summed E-state index contributed by atoms with van der Waals surface area (Å²) in [5.41, 5.74) is 1.85. The Bertz CT molecular complexity index is 1320. The summed E-state index contributed by atoms with van der Waals surface area (Å²) in [7, 11) is 1.69. The molecular weight excluding hydrogens is 524 g/mol. The fourth-order valence-electron chi connectivity index (χ4n) is 5.44. The number of nitroso groups, excluding NO2 is 1. The first-order valence-corrected chi connectivity index (χ1v) is 14.5. The molecule has 0 radical (unpaired) electrons. The van der Waals surface area contributed by atoms with E-state index in [1.54, 1.807) is 7.05 Å². The molecule has 0 saturated carbocycles. The smallest absolute Gasteiger partial charge is 0.251 e. The number of fused-ring (bicyclic) bond motifs is 1. The minimum Gasteiger partial charge on any atom is -0.360 e. The number of hydrogen-bond donors (Lipinski definition) is 4. The van der Waals surface area contributed by atoms with E-state index in [9.17, 15) is 9.70 Å². The Morgan fingerprint density at radius 3 is 2.60 bits per heavy atom. The zero-order valence-electron chi connectivity index (χ0n) is 23.3. The molecule has 0 spiro atoms. The molecule has 1 heterocycles. The van der Waals surface area contributed by atoms with Crippen molar-refractivity contribution in [3.63, 3.8) is 0 Å².